The standard InChI is InChI=1S/C17H19Cl2NO3/c1-2-23-17(22)12-8-10-20(11-9-12)16(21)7-6-13-14(18)4-3-5-15(13)19/h3-7,12H,2,8-11H2,1H3. The van der Waals surface area contributed by atoms with Gasteiger partial charge in [0.25, 0.3) is 0 Å². The Morgan fingerprint density at radius 1 is 1.26 bits per heavy atom. The maximum atomic E-state index is 12.2. The van der Waals surface area contributed by atoms with Gasteiger partial charge in [0.15, 0.2) is 0 Å². The Morgan fingerprint density at radius 3 is 2.43 bits per heavy atom. The van der Waals surface area contributed by atoms with Crippen LogP contribution in [0.25, 0.3) is 6.08 Å². The van der Waals surface area contributed by atoms with Gasteiger partial charge in [0.1, 0.15) is 0 Å². The lowest BCUT2D eigenvalue weighted by molar-refractivity contribution is -0.150. The number of carbonyl (C=O) groups excluding carboxylic acids is 2. The number of esters is 1. The molecule has 124 valence electrons. The van der Waals surface area contributed by atoms with E-state index in [1.165, 1.54) is 6.08 Å². The second kappa shape index (κ2) is 8.37. The Balaban J connectivity index is 1.93. The van der Waals surface area contributed by atoms with E-state index in [1.807, 2.05) is 0 Å². The van der Waals surface area contributed by atoms with Crippen molar-refractivity contribution in [2.75, 3.05) is 19.7 Å². The molecular weight excluding hydrogens is 337 g/mol. The van der Waals surface area contributed by atoms with Crippen LogP contribution in [0.4, 0.5) is 0 Å². The molecule has 6 heteroatoms. The summed E-state index contributed by atoms with van der Waals surface area (Å²) in [5, 5.41) is 1.00. The van der Waals surface area contributed by atoms with Gasteiger partial charge in [0.05, 0.1) is 12.5 Å². The van der Waals surface area contributed by atoms with Gasteiger partial charge in [0, 0.05) is 34.8 Å². The molecule has 1 saturated heterocycles. The highest BCUT2D eigenvalue weighted by atomic mass is 35.5. The number of hydrogen-bond acceptors (Lipinski definition) is 3. The number of amides is 1. The summed E-state index contributed by atoms with van der Waals surface area (Å²) in [5.41, 5.74) is 0.630. The van der Waals surface area contributed by atoms with Gasteiger partial charge in [-0.2, -0.15) is 0 Å². The number of benzene rings is 1. The number of ether oxygens (including phenoxy) is 1. The Hall–Kier alpha value is -1.52. The average Bonchev–Trinajstić information content (AvgIpc) is 2.54. The van der Waals surface area contributed by atoms with Crippen LogP contribution in [0.15, 0.2) is 24.3 Å². The summed E-state index contributed by atoms with van der Waals surface area (Å²) in [4.78, 5) is 25.6. The molecule has 0 aromatic heterocycles. The summed E-state index contributed by atoms with van der Waals surface area (Å²) in [6.07, 6.45) is 4.36. The van der Waals surface area contributed by atoms with Crippen LogP contribution in [0.1, 0.15) is 25.3 Å². The molecule has 1 amide bonds. The van der Waals surface area contributed by atoms with E-state index in [1.54, 1.807) is 36.1 Å². The zero-order chi connectivity index (χ0) is 16.8. The predicted molar refractivity (Wildman–Crippen MR) is 91.4 cm³/mol. The molecule has 0 aliphatic carbocycles. The maximum Gasteiger partial charge on any atom is 0.309 e. The van der Waals surface area contributed by atoms with Crippen LogP contribution >= 0.6 is 23.2 Å². The van der Waals surface area contributed by atoms with Gasteiger partial charge in [-0.05, 0) is 38.0 Å². The van der Waals surface area contributed by atoms with Gasteiger partial charge >= 0.3 is 5.97 Å². The van der Waals surface area contributed by atoms with E-state index in [0.29, 0.717) is 48.1 Å². The Bertz CT molecular complexity index is 588. The highest BCUT2D eigenvalue weighted by Gasteiger charge is 2.27. The van der Waals surface area contributed by atoms with Crippen LogP contribution in [0.2, 0.25) is 10.0 Å². The number of nitrogens with zero attached hydrogens (tertiary/aromatic N) is 1. The van der Waals surface area contributed by atoms with Crippen LogP contribution < -0.4 is 0 Å². The molecule has 23 heavy (non-hydrogen) atoms. The van der Waals surface area contributed by atoms with E-state index in [9.17, 15) is 9.59 Å². The minimum absolute atomic E-state index is 0.108. The highest BCUT2D eigenvalue weighted by Crippen LogP contribution is 2.26. The Labute approximate surface area is 146 Å². The first-order valence-electron chi connectivity index (χ1n) is 7.60. The summed E-state index contributed by atoms with van der Waals surface area (Å²) < 4.78 is 5.02. The molecule has 0 unspecified atom stereocenters. The fraction of sp³-hybridized carbons (Fsp3) is 0.412. The van der Waals surface area contributed by atoms with E-state index >= 15 is 0 Å². The average molecular weight is 356 g/mol. The molecule has 0 bridgehead atoms. The molecule has 0 N–H and O–H groups in total. The van der Waals surface area contributed by atoms with Crippen molar-refractivity contribution in [1.29, 1.82) is 0 Å². The first kappa shape index (κ1) is 17.8. The normalized spacial score (nSPS) is 15.9. The maximum absolute atomic E-state index is 12.2. The molecule has 1 fully saturated rings. The minimum Gasteiger partial charge on any atom is -0.466 e. The third-order valence-electron chi connectivity index (χ3n) is 3.82. The van der Waals surface area contributed by atoms with Crippen LogP contribution in [0.5, 0.6) is 0 Å². The zero-order valence-electron chi connectivity index (χ0n) is 12.9. The summed E-state index contributed by atoms with van der Waals surface area (Å²) >= 11 is 12.1. The molecule has 0 saturated carbocycles. The fourth-order valence-electron chi connectivity index (χ4n) is 2.53. The van der Waals surface area contributed by atoms with E-state index in [4.69, 9.17) is 27.9 Å². The second-order valence-electron chi connectivity index (χ2n) is 5.32. The molecule has 1 aromatic carbocycles. The van der Waals surface area contributed by atoms with Crippen molar-refractivity contribution >= 4 is 41.2 Å². The quantitative estimate of drug-likeness (QED) is 0.609. The summed E-state index contributed by atoms with van der Waals surface area (Å²) in [6.45, 7) is 3.27. The number of halogens is 2. The summed E-state index contributed by atoms with van der Waals surface area (Å²) in [7, 11) is 0. The minimum atomic E-state index is -0.169. The fourth-order valence-corrected chi connectivity index (χ4v) is 3.05. The van der Waals surface area contributed by atoms with Crippen molar-refractivity contribution in [2.45, 2.75) is 19.8 Å². The third-order valence-corrected chi connectivity index (χ3v) is 4.48. The van der Waals surface area contributed by atoms with Gasteiger partial charge in [0.2, 0.25) is 5.91 Å². The molecule has 4 nitrogen and oxygen atoms in total. The first-order chi connectivity index (χ1) is 11.0. The van der Waals surface area contributed by atoms with Crippen molar-refractivity contribution in [3.63, 3.8) is 0 Å². The largest absolute Gasteiger partial charge is 0.466 e. The lowest BCUT2D eigenvalue weighted by atomic mass is 9.97. The van der Waals surface area contributed by atoms with Crippen molar-refractivity contribution < 1.29 is 14.3 Å². The smallest absolute Gasteiger partial charge is 0.309 e. The molecule has 1 aromatic rings. The molecule has 1 aliphatic rings. The van der Waals surface area contributed by atoms with Gasteiger partial charge in [-0.15, -0.1) is 0 Å². The molecule has 0 spiro atoms. The van der Waals surface area contributed by atoms with E-state index < -0.39 is 0 Å². The topological polar surface area (TPSA) is 46.6 Å². The Morgan fingerprint density at radius 2 is 1.87 bits per heavy atom. The molecule has 1 aliphatic heterocycles. The second-order valence-corrected chi connectivity index (χ2v) is 6.13. The number of rotatable bonds is 4. The first-order valence-corrected chi connectivity index (χ1v) is 8.36. The third kappa shape index (κ3) is 4.72. The number of likely N-dealkylation sites (tertiary alicyclic amines) is 1. The number of hydrogen-bond donors (Lipinski definition) is 0. The van der Waals surface area contributed by atoms with E-state index in [2.05, 4.69) is 0 Å². The van der Waals surface area contributed by atoms with E-state index in [-0.39, 0.29) is 17.8 Å². The SMILES string of the molecule is CCOC(=O)C1CCN(C(=O)C=Cc2c(Cl)cccc2Cl)CC1. The molecule has 2 rings (SSSR count). The number of carbonyl (C=O) groups is 2. The van der Waals surface area contributed by atoms with Crippen molar-refractivity contribution in [2.24, 2.45) is 5.92 Å². The lowest BCUT2D eigenvalue weighted by Crippen LogP contribution is -2.39. The van der Waals surface area contributed by atoms with E-state index in [0.717, 1.165) is 0 Å². The van der Waals surface area contributed by atoms with Crippen LogP contribution in [-0.4, -0.2) is 36.5 Å². The summed E-state index contributed by atoms with van der Waals surface area (Å²) in [6, 6.07) is 5.20. The van der Waals surface area contributed by atoms with Crippen LogP contribution in [0.3, 0.4) is 0 Å². The van der Waals surface area contributed by atoms with Gasteiger partial charge in [-0.3, -0.25) is 9.59 Å². The van der Waals surface area contributed by atoms with Gasteiger partial charge in [-0.1, -0.05) is 29.3 Å². The number of piperidine rings is 1. The van der Waals surface area contributed by atoms with Crippen LogP contribution in [0, 0.1) is 5.92 Å². The molecule has 1 heterocycles. The van der Waals surface area contributed by atoms with Crippen molar-refractivity contribution in [1.82, 2.24) is 4.90 Å². The van der Waals surface area contributed by atoms with Gasteiger partial charge in [-0.25, -0.2) is 0 Å². The van der Waals surface area contributed by atoms with Crippen LogP contribution in [-0.2, 0) is 14.3 Å². The van der Waals surface area contributed by atoms with Crippen molar-refractivity contribution in [3.8, 4) is 0 Å². The molecule has 0 atom stereocenters. The Kier molecular flexibility index (Phi) is 6.48. The monoisotopic (exact) mass is 355 g/mol. The lowest BCUT2D eigenvalue weighted by Gasteiger charge is -2.30. The zero-order valence-corrected chi connectivity index (χ0v) is 14.4. The van der Waals surface area contributed by atoms with Gasteiger partial charge < -0.3 is 9.64 Å². The summed E-state index contributed by atoms with van der Waals surface area (Å²) in [5.74, 6) is -0.387. The highest BCUT2D eigenvalue weighted by molar-refractivity contribution is 6.37. The molecule has 0 radical (unpaired) electrons. The molecular formula is C17H19Cl2NO3. The predicted octanol–water partition coefficient (Wildman–Crippen LogP) is 3.81. The van der Waals surface area contributed by atoms with Crippen molar-refractivity contribution in [3.05, 3.63) is 39.9 Å².